The van der Waals surface area contributed by atoms with Crippen molar-refractivity contribution in [2.75, 3.05) is 11.9 Å². The number of halogens is 1. The highest BCUT2D eigenvalue weighted by molar-refractivity contribution is 7.89. The molecule has 5 nitrogen and oxygen atoms in total. The van der Waals surface area contributed by atoms with E-state index in [0.717, 1.165) is 0 Å². The lowest BCUT2D eigenvalue weighted by Crippen LogP contribution is -2.27. The number of benzene rings is 2. The van der Waals surface area contributed by atoms with Crippen LogP contribution in [-0.2, 0) is 14.8 Å². The minimum absolute atomic E-state index is 0.0680. The maximum Gasteiger partial charge on any atom is 0.240 e. The van der Waals surface area contributed by atoms with Crippen molar-refractivity contribution in [3.8, 4) is 0 Å². The zero-order chi connectivity index (χ0) is 16.0. The summed E-state index contributed by atoms with van der Waals surface area (Å²) in [5.74, 6) is -1.01. The first-order valence-corrected chi connectivity index (χ1v) is 8.06. The molecule has 2 aromatic rings. The first kappa shape index (κ1) is 16.1. The number of carbonyl (C=O) groups excluding carboxylic acids is 1. The molecule has 2 aromatic carbocycles. The third-order valence-corrected chi connectivity index (χ3v) is 4.32. The molecule has 0 saturated heterocycles. The smallest absolute Gasteiger partial charge is 0.240 e. The van der Waals surface area contributed by atoms with Gasteiger partial charge in [0.25, 0.3) is 0 Å². The Morgan fingerprint density at radius 3 is 2.32 bits per heavy atom. The average molecular weight is 322 g/mol. The van der Waals surface area contributed by atoms with Gasteiger partial charge in [0.15, 0.2) is 0 Å². The number of amides is 1. The molecule has 0 aliphatic rings. The Hall–Kier alpha value is -2.25. The summed E-state index contributed by atoms with van der Waals surface area (Å²) in [6, 6.07) is 13.6. The minimum Gasteiger partial charge on any atom is -0.324 e. The number of rotatable bonds is 6. The van der Waals surface area contributed by atoms with Crippen LogP contribution in [0.15, 0.2) is 59.5 Å². The van der Waals surface area contributed by atoms with Crippen molar-refractivity contribution in [2.45, 2.75) is 11.3 Å². The highest BCUT2D eigenvalue weighted by Crippen LogP contribution is 2.12. The van der Waals surface area contributed by atoms with E-state index in [2.05, 4.69) is 10.0 Å². The van der Waals surface area contributed by atoms with Crippen molar-refractivity contribution in [1.29, 1.82) is 0 Å². The van der Waals surface area contributed by atoms with E-state index in [1.54, 1.807) is 24.3 Å². The Kier molecular flexibility index (Phi) is 5.24. The van der Waals surface area contributed by atoms with Gasteiger partial charge in [-0.1, -0.05) is 30.3 Å². The molecule has 0 aromatic heterocycles. The van der Waals surface area contributed by atoms with Crippen LogP contribution in [0.25, 0.3) is 0 Å². The number of nitrogens with one attached hydrogen (secondary N) is 2. The molecule has 0 fully saturated rings. The summed E-state index contributed by atoms with van der Waals surface area (Å²) in [6.45, 7) is -0.0719. The molecule has 0 aliphatic heterocycles. The Labute approximate surface area is 128 Å². The van der Waals surface area contributed by atoms with E-state index in [1.807, 2.05) is 0 Å². The average Bonchev–Trinajstić information content (AvgIpc) is 2.50. The lowest BCUT2D eigenvalue weighted by molar-refractivity contribution is -0.116. The molecule has 22 heavy (non-hydrogen) atoms. The standard InChI is InChI=1S/C15H15FN2O3S/c16-13-8-4-5-9-14(13)18-15(19)10-11-17-22(20,21)12-6-2-1-3-7-12/h1-9,17H,10-11H2,(H,18,19). The monoisotopic (exact) mass is 322 g/mol. The van der Waals surface area contributed by atoms with Crippen molar-refractivity contribution < 1.29 is 17.6 Å². The fraction of sp³-hybridized carbons (Fsp3) is 0.133. The van der Waals surface area contributed by atoms with Crippen molar-refractivity contribution in [2.24, 2.45) is 0 Å². The van der Waals surface area contributed by atoms with Crippen LogP contribution in [0.5, 0.6) is 0 Å². The molecular formula is C15H15FN2O3S. The molecule has 0 heterocycles. The summed E-state index contributed by atoms with van der Waals surface area (Å²) in [6.07, 6.45) is -0.0968. The highest BCUT2D eigenvalue weighted by atomic mass is 32.2. The van der Waals surface area contributed by atoms with Gasteiger partial charge in [0.2, 0.25) is 15.9 Å². The quantitative estimate of drug-likeness (QED) is 0.855. The van der Waals surface area contributed by atoms with Crippen LogP contribution < -0.4 is 10.0 Å². The number of anilines is 1. The lowest BCUT2D eigenvalue weighted by Gasteiger charge is -2.08. The summed E-state index contributed by atoms with van der Waals surface area (Å²) in [5.41, 5.74) is 0.0680. The topological polar surface area (TPSA) is 75.3 Å². The second-order valence-corrected chi connectivity index (χ2v) is 6.26. The number of para-hydroxylation sites is 1. The third kappa shape index (κ3) is 4.37. The van der Waals surface area contributed by atoms with Crippen molar-refractivity contribution >= 4 is 21.6 Å². The molecule has 0 radical (unpaired) electrons. The molecule has 7 heteroatoms. The van der Waals surface area contributed by atoms with Crippen LogP contribution in [0.3, 0.4) is 0 Å². The van der Waals surface area contributed by atoms with Gasteiger partial charge in [-0.15, -0.1) is 0 Å². The molecule has 0 atom stereocenters. The molecule has 0 bridgehead atoms. The van der Waals surface area contributed by atoms with Crippen LogP contribution in [0.1, 0.15) is 6.42 Å². The third-order valence-electron chi connectivity index (χ3n) is 2.85. The van der Waals surface area contributed by atoms with Gasteiger partial charge < -0.3 is 5.32 Å². The molecule has 1 amide bonds. The Balaban J connectivity index is 1.86. The Morgan fingerprint density at radius 1 is 1.00 bits per heavy atom. The SMILES string of the molecule is O=C(CCNS(=O)(=O)c1ccccc1)Nc1ccccc1F. The summed E-state index contributed by atoms with van der Waals surface area (Å²) >= 11 is 0. The summed E-state index contributed by atoms with van der Waals surface area (Å²) < 4.78 is 39.5. The lowest BCUT2D eigenvalue weighted by atomic mass is 10.3. The van der Waals surface area contributed by atoms with Gasteiger partial charge in [-0.05, 0) is 24.3 Å². The van der Waals surface area contributed by atoms with E-state index < -0.39 is 21.7 Å². The zero-order valence-electron chi connectivity index (χ0n) is 11.6. The van der Waals surface area contributed by atoms with E-state index in [9.17, 15) is 17.6 Å². The van der Waals surface area contributed by atoms with Gasteiger partial charge in [0.05, 0.1) is 10.6 Å². The Morgan fingerprint density at radius 2 is 1.64 bits per heavy atom. The molecule has 2 rings (SSSR count). The first-order valence-electron chi connectivity index (χ1n) is 6.58. The molecule has 0 unspecified atom stereocenters. The number of hydrogen-bond donors (Lipinski definition) is 2. The van der Waals surface area contributed by atoms with Crippen molar-refractivity contribution in [1.82, 2.24) is 4.72 Å². The van der Waals surface area contributed by atoms with Gasteiger partial charge in [-0.25, -0.2) is 17.5 Å². The molecular weight excluding hydrogens is 307 g/mol. The number of hydrogen-bond acceptors (Lipinski definition) is 3. The summed E-state index contributed by atoms with van der Waals surface area (Å²) in [5, 5.41) is 2.39. The van der Waals surface area contributed by atoms with Crippen LogP contribution in [0.4, 0.5) is 10.1 Å². The largest absolute Gasteiger partial charge is 0.324 e. The molecule has 0 spiro atoms. The molecule has 0 aliphatic carbocycles. The molecule has 116 valence electrons. The number of carbonyl (C=O) groups is 1. The van der Waals surface area contributed by atoms with E-state index in [1.165, 1.54) is 30.3 Å². The van der Waals surface area contributed by atoms with Gasteiger partial charge in [0, 0.05) is 13.0 Å². The van der Waals surface area contributed by atoms with Gasteiger partial charge in [0.1, 0.15) is 5.82 Å². The second-order valence-electron chi connectivity index (χ2n) is 4.49. The summed E-state index contributed by atoms with van der Waals surface area (Å²) in [4.78, 5) is 11.8. The van der Waals surface area contributed by atoms with E-state index in [4.69, 9.17) is 0 Å². The highest BCUT2D eigenvalue weighted by Gasteiger charge is 2.13. The maximum absolute atomic E-state index is 13.4. The minimum atomic E-state index is -3.64. The van der Waals surface area contributed by atoms with Gasteiger partial charge in [-0.2, -0.15) is 0 Å². The zero-order valence-corrected chi connectivity index (χ0v) is 12.4. The number of sulfonamides is 1. The predicted molar refractivity (Wildman–Crippen MR) is 81.3 cm³/mol. The van der Waals surface area contributed by atoms with E-state index in [0.29, 0.717) is 0 Å². The van der Waals surface area contributed by atoms with Crippen LogP contribution in [0, 0.1) is 5.82 Å². The van der Waals surface area contributed by atoms with Crippen molar-refractivity contribution in [3.05, 3.63) is 60.4 Å². The van der Waals surface area contributed by atoms with E-state index in [-0.39, 0.29) is 23.5 Å². The maximum atomic E-state index is 13.4. The molecule has 2 N–H and O–H groups in total. The summed E-state index contributed by atoms with van der Waals surface area (Å²) in [7, 11) is -3.64. The first-order chi connectivity index (χ1) is 10.5. The normalized spacial score (nSPS) is 11.1. The van der Waals surface area contributed by atoms with Gasteiger partial charge in [-0.3, -0.25) is 4.79 Å². The van der Waals surface area contributed by atoms with Crippen LogP contribution in [-0.4, -0.2) is 20.9 Å². The fourth-order valence-electron chi connectivity index (χ4n) is 1.76. The predicted octanol–water partition coefficient (Wildman–Crippen LogP) is 2.13. The van der Waals surface area contributed by atoms with E-state index >= 15 is 0 Å². The second kappa shape index (κ2) is 7.15. The van der Waals surface area contributed by atoms with Crippen LogP contribution in [0.2, 0.25) is 0 Å². The molecule has 0 saturated carbocycles. The Bertz CT molecular complexity index is 748. The van der Waals surface area contributed by atoms with Crippen molar-refractivity contribution in [3.63, 3.8) is 0 Å². The van der Waals surface area contributed by atoms with Gasteiger partial charge >= 0.3 is 0 Å². The fourth-order valence-corrected chi connectivity index (χ4v) is 2.81. The van der Waals surface area contributed by atoms with Crippen LogP contribution >= 0.6 is 0 Å².